The van der Waals surface area contributed by atoms with Gasteiger partial charge in [-0.1, -0.05) is 17.9 Å². The van der Waals surface area contributed by atoms with E-state index < -0.39 is 0 Å². The van der Waals surface area contributed by atoms with Crippen LogP contribution in [0.3, 0.4) is 0 Å². The van der Waals surface area contributed by atoms with Crippen molar-refractivity contribution in [1.82, 2.24) is 4.90 Å². The zero-order chi connectivity index (χ0) is 15.1. The first-order valence-electron chi connectivity index (χ1n) is 6.59. The van der Waals surface area contributed by atoms with Crippen LogP contribution in [-0.2, 0) is 0 Å². The number of amides is 1. The van der Waals surface area contributed by atoms with Gasteiger partial charge in [0.1, 0.15) is 0 Å². The van der Waals surface area contributed by atoms with Gasteiger partial charge in [0.05, 0.1) is 19.3 Å². The summed E-state index contributed by atoms with van der Waals surface area (Å²) in [6, 6.07) is 5.14. The molecule has 0 aliphatic carbocycles. The van der Waals surface area contributed by atoms with Gasteiger partial charge in [-0.3, -0.25) is 4.79 Å². The first kappa shape index (κ1) is 16.2. The fourth-order valence-corrected chi connectivity index (χ4v) is 1.63. The van der Waals surface area contributed by atoms with Crippen molar-refractivity contribution in [2.45, 2.75) is 26.3 Å². The molecule has 0 heterocycles. The summed E-state index contributed by atoms with van der Waals surface area (Å²) >= 11 is 0. The summed E-state index contributed by atoms with van der Waals surface area (Å²) in [6.07, 6.45) is 0.416. The van der Waals surface area contributed by atoms with E-state index in [0.717, 1.165) is 11.1 Å². The van der Waals surface area contributed by atoms with Crippen molar-refractivity contribution in [2.75, 3.05) is 20.3 Å². The van der Waals surface area contributed by atoms with Crippen molar-refractivity contribution >= 4 is 5.91 Å². The van der Waals surface area contributed by atoms with Crippen LogP contribution in [0.2, 0.25) is 0 Å². The van der Waals surface area contributed by atoms with Gasteiger partial charge in [-0.25, -0.2) is 0 Å². The predicted octanol–water partition coefficient (Wildman–Crippen LogP) is 1.18. The van der Waals surface area contributed by atoms with Gasteiger partial charge in [0, 0.05) is 24.6 Å². The average molecular weight is 275 g/mol. The topological polar surface area (TPSA) is 60.8 Å². The Morgan fingerprint density at radius 2 is 2.10 bits per heavy atom. The molecule has 0 radical (unpaired) electrons. The number of aliphatic hydroxyl groups is 2. The van der Waals surface area contributed by atoms with Crippen LogP contribution < -0.4 is 0 Å². The van der Waals surface area contributed by atoms with Crippen molar-refractivity contribution in [1.29, 1.82) is 0 Å². The van der Waals surface area contributed by atoms with Gasteiger partial charge in [0.25, 0.3) is 5.91 Å². The van der Waals surface area contributed by atoms with Crippen molar-refractivity contribution in [3.63, 3.8) is 0 Å². The first-order chi connectivity index (χ1) is 9.51. The fourth-order valence-electron chi connectivity index (χ4n) is 1.63. The Balaban J connectivity index is 3.01. The van der Waals surface area contributed by atoms with Crippen LogP contribution >= 0.6 is 0 Å². The summed E-state index contributed by atoms with van der Waals surface area (Å²) in [5, 5.41) is 17.8. The van der Waals surface area contributed by atoms with Gasteiger partial charge in [0.2, 0.25) is 0 Å². The van der Waals surface area contributed by atoms with Crippen LogP contribution in [0.4, 0.5) is 0 Å². The maximum Gasteiger partial charge on any atom is 0.253 e. The van der Waals surface area contributed by atoms with Crippen LogP contribution in [0.1, 0.15) is 34.8 Å². The third-order valence-electron chi connectivity index (χ3n) is 3.19. The van der Waals surface area contributed by atoms with E-state index in [0.29, 0.717) is 12.0 Å². The molecule has 1 aromatic carbocycles. The molecule has 4 heteroatoms. The van der Waals surface area contributed by atoms with Crippen molar-refractivity contribution in [3.8, 4) is 11.8 Å². The van der Waals surface area contributed by atoms with Gasteiger partial charge in [-0.05, 0) is 31.5 Å². The highest BCUT2D eigenvalue weighted by Crippen LogP contribution is 2.13. The number of carbonyl (C=O) groups excluding carboxylic acids is 1. The summed E-state index contributed by atoms with van der Waals surface area (Å²) in [7, 11) is 1.67. The lowest BCUT2D eigenvalue weighted by Gasteiger charge is -2.23. The smallest absolute Gasteiger partial charge is 0.253 e. The summed E-state index contributed by atoms with van der Waals surface area (Å²) in [6.45, 7) is 3.67. The molecular weight excluding hydrogens is 254 g/mol. The zero-order valence-corrected chi connectivity index (χ0v) is 12.2. The van der Waals surface area contributed by atoms with E-state index >= 15 is 0 Å². The molecule has 0 aliphatic heterocycles. The van der Waals surface area contributed by atoms with E-state index in [1.165, 1.54) is 4.90 Å². The predicted molar refractivity (Wildman–Crippen MR) is 78.4 cm³/mol. The van der Waals surface area contributed by atoms with Gasteiger partial charge < -0.3 is 15.1 Å². The van der Waals surface area contributed by atoms with E-state index in [-0.39, 0.29) is 25.2 Å². The highest BCUT2D eigenvalue weighted by atomic mass is 16.3. The number of likely N-dealkylation sites (N-methyl/N-ethyl adjacent to an activating group) is 1. The second-order valence-electron chi connectivity index (χ2n) is 4.75. The molecule has 1 aromatic rings. The Morgan fingerprint density at radius 3 is 2.70 bits per heavy atom. The Morgan fingerprint density at radius 1 is 1.40 bits per heavy atom. The van der Waals surface area contributed by atoms with E-state index in [1.54, 1.807) is 26.1 Å². The monoisotopic (exact) mass is 275 g/mol. The number of hydrogen-bond acceptors (Lipinski definition) is 3. The highest BCUT2D eigenvalue weighted by Gasteiger charge is 2.17. The van der Waals surface area contributed by atoms with Crippen LogP contribution in [-0.4, -0.2) is 47.3 Å². The number of rotatable bonds is 4. The molecule has 0 spiro atoms. The van der Waals surface area contributed by atoms with Crippen LogP contribution in [0.25, 0.3) is 0 Å². The van der Waals surface area contributed by atoms with Crippen molar-refractivity contribution in [2.24, 2.45) is 0 Å². The molecule has 1 amide bonds. The van der Waals surface area contributed by atoms with Crippen molar-refractivity contribution in [3.05, 3.63) is 34.9 Å². The van der Waals surface area contributed by atoms with E-state index in [2.05, 4.69) is 11.8 Å². The molecule has 4 nitrogen and oxygen atoms in total. The molecule has 0 aromatic heterocycles. The molecule has 0 fully saturated rings. The first-order valence-corrected chi connectivity index (χ1v) is 6.59. The molecule has 1 atom stereocenters. The molecule has 0 saturated heterocycles. The van der Waals surface area contributed by atoms with E-state index in [4.69, 9.17) is 10.2 Å². The number of nitrogens with zero attached hydrogens (tertiary/aromatic N) is 1. The molecule has 1 rings (SSSR count). The molecule has 2 N–H and O–H groups in total. The second kappa shape index (κ2) is 7.68. The Bertz CT molecular complexity index is 528. The molecular formula is C16H21NO3. The lowest BCUT2D eigenvalue weighted by atomic mass is 10.0. The third kappa shape index (κ3) is 4.09. The SMILES string of the molecule is Cc1ccc(C(=O)N(C)C(C)CO)cc1C#CCCO. The van der Waals surface area contributed by atoms with Crippen molar-refractivity contribution < 1.29 is 15.0 Å². The summed E-state index contributed by atoms with van der Waals surface area (Å²) < 4.78 is 0. The molecule has 0 saturated carbocycles. The Labute approximate surface area is 120 Å². The van der Waals surface area contributed by atoms with E-state index in [9.17, 15) is 4.79 Å². The number of aliphatic hydroxyl groups excluding tert-OH is 2. The van der Waals surface area contributed by atoms with Crippen LogP contribution in [0, 0.1) is 18.8 Å². The van der Waals surface area contributed by atoms with E-state index in [1.807, 2.05) is 13.0 Å². The number of benzene rings is 1. The standard InChI is InChI=1S/C16H21NO3/c1-12-7-8-15(10-14(12)6-4-5-9-18)16(20)17(3)13(2)11-19/h7-8,10,13,18-19H,5,9,11H2,1-3H3. The molecule has 0 bridgehead atoms. The van der Waals surface area contributed by atoms with Crippen LogP contribution in [0.15, 0.2) is 18.2 Å². The summed E-state index contributed by atoms with van der Waals surface area (Å²) in [4.78, 5) is 13.8. The van der Waals surface area contributed by atoms with Gasteiger partial charge in [-0.15, -0.1) is 0 Å². The maximum atomic E-state index is 12.3. The van der Waals surface area contributed by atoms with Gasteiger partial charge in [0.15, 0.2) is 0 Å². The number of carbonyl (C=O) groups is 1. The minimum atomic E-state index is -0.229. The average Bonchev–Trinajstić information content (AvgIpc) is 2.47. The fraction of sp³-hybridized carbons (Fsp3) is 0.438. The Hall–Kier alpha value is -1.83. The lowest BCUT2D eigenvalue weighted by molar-refractivity contribution is 0.0682. The number of aryl methyl sites for hydroxylation is 1. The van der Waals surface area contributed by atoms with Gasteiger partial charge >= 0.3 is 0 Å². The normalized spacial score (nSPS) is 11.4. The maximum absolute atomic E-state index is 12.3. The molecule has 0 aliphatic rings. The van der Waals surface area contributed by atoms with Gasteiger partial charge in [-0.2, -0.15) is 0 Å². The number of hydrogen-bond donors (Lipinski definition) is 2. The summed E-state index contributed by atoms with van der Waals surface area (Å²) in [5.74, 6) is 5.68. The minimum absolute atomic E-state index is 0.0292. The summed E-state index contributed by atoms with van der Waals surface area (Å²) in [5.41, 5.74) is 2.32. The quantitative estimate of drug-likeness (QED) is 0.811. The second-order valence-corrected chi connectivity index (χ2v) is 4.75. The zero-order valence-electron chi connectivity index (χ0n) is 12.2. The largest absolute Gasteiger partial charge is 0.395 e. The molecule has 20 heavy (non-hydrogen) atoms. The molecule has 1 unspecified atom stereocenters. The minimum Gasteiger partial charge on any atom is -0.395 e. The highest BCUT2D eigenvalue weighted by molar-refractivity contribution is 5.94. The van der Waals surface area contributed by atoms with Crippen LogP contribution in [0.5, 0.6) is 0 Å². The Kier molecular flexibility index (Phi) is 6.23. The third-order valence-corrected chi connectivity index (χ3v) is 3.19. The molecule has 108 valence electrons. The lowest BCUT2D eigenvalue weighted by Crippen LogP contribution is -2.37.